The number of rotatable bonds is 4. The fourth-order valence-corrected chi connectivity index (χ4v) is 3.78. The summed E-state index contributed by atoms with van der Waals surface area (Å²) in [6, 6.07) is 17.1. The lowest BCUT2D eigenvalue weighted by molar-refractivity contribution is 0.681. The van der Waals surface area contributed by atoms with Crippen LogP contribution in [0, 0.1) is 0 Å². The van der Waals surface area contributed by atoms with E-state index < -0.39 is 10.8 Å². The summed E-state index contributed by atoms with van der Waals surface area (Å²) in [4.78, 5) is 0.789. The average molecular weight is 344 g/mol. The maximum atomic E-state index is 12.3. The van der Waals surface area contributed by atoms with E-state index in [9.17, 15) is 4.21 Å². The maximum absolute atomic E-state index is 12.3. The van der Waals surface area contributed by atoms with E-state index in [2.05, 4.69) is 15.9 Å². The summed E-state index contributed by atoms with van der Waals surface area (Å²) >= 11 is 9.32. The van der Waals surface area contributed by atoms with Crippen LogP contribution in [0.1, 0.15) is 5.56 Å². The third-order valence-electron chi connectivity index (χ3n) is 2.52. The first-order chi connectivity index (χ1) is 8.66. The van der Waals surface area contributed by atoms with Gasteiger partial charge in [-0.15, -0.1) is 0 Å². The number of hydrogen-bond acceptors (Lipinski definition) is 1. The molecule has 0 aliphatic rings. The topological polar surface area (TPSA) is 17.1 Å². The van der Waals surface area contributed by atoms with Crippen molar-refractivity contribution in [2.24, 2.45) is 0 Å². The van der Waals surface area contributed by atoms with Crippen molar-refractivity contribution in [2.45, 2.75) is 15.5 Å². The van der Waals surface area contributed by atoms with E-state index in [0.717, 1.165) is 11.3 Å². The minimum absolute atomic E-state index is 0.0962. The van der Waals surface area contributed by atoms with Gasteiger partial charge in [0.25, 0.3) is 0 Å². The molecule has 0 spiro atoms. The predicted octanol–water partition coefficient (Wildman–Crippen LogP) is 4.41. The minimum Gasteiger partial charge on any atom is -0.253 e. The summed E-state index contributed by atoms with van der Waals surface area (Å²) in [6.07, 6.45) is 0.732. The fraction of sp³-hybridized carbons (Fsp3) is 0.143. The van der Waals surface area contributed by atoms with Gasteiger partial charge in [-0.2, -0.15) is 0 Å². The first-order valence-electron chi connectivity index (χ1n) is 5.51. The van der Waals surface area contributed by atoms with Gasteiger partial charge >= 0.3 is 0 Å². The quantitative estimate of drug-likeness (QED) is 0.751. The molecule has 0 amide bonds. The Kier molecular flexibility index (Phi) is 4.98. The zero-order chi connectivity index (χ0) is 13.0. The van der Waals surface area contributed by atoms with Crippen molar-refractivity contribution < 1.29 is 4.21 Å². The van der Waals surface area contributed by atoms with Crippen LogP contribution >= 0.6 is 27.5 Å². The highest BCUT2D eigenvalue weighted by Crippen LogP contribution is 2.21. The monoisotopic (exact) mass is 342 g/mol. The lowest BCUT2D eigenvalue weighted by Gasteiger charge is -2.10. The SMILES string of the molecule is O=S(c1ccc(Cl)cc1)[C@@H](Br)Cc1ccccc1. The Morgan fingerprint density at radius 1 is 1.06 bits per heavy atom. The van der Waals surface area contributed by atoms with Crippen molar-refractivity contribution in [3.63, 3.8) is 0 Å². The van der Waals surface area contributed by atoms with Crippen LogP contribution in [-0.4, -0.2) is 8.37 Å². The summed E-state index contributed by atoms with van der Waals surface area (Å²) in [7, 11) is -1.08. The highest BCUT2D eigenvalue weighted by Gasteiger charge is 2.15. The van der Waals surface area contributed by atoms with Gasteiger partial charge in [0, 0.05) is 9.92 Å². The molecule has 2 atom stereocenters. The first kappa shape index (κ1) is 13.8. The van der Waals surface area contributed by atoms with Crippen LogP contribution < -0.4 is 0 Å². The van der Waals surface area contributed by atoms with Crippen LogP contribution in [0.25, 0.3) is 0 Å². The van der Waals surface area contributed by atoms with Crippen molar-refractivity contribution in [1.82, 2.24) is 0 Å². The zero-order valence-corrected chi connectivity index (χ0v) is 12.7. The molecular weight excluding hydrogens is 332 g/mol. The van der Waals surface area contributed by atoms with Gasteiger partial charge in [0.2, 0.25) is 0 Å². The Labute approximate surface area is 123 Å². The fourth-order valence-electron chi connectivity index (χ4n) is 1.59. The lowest BCUT2D eigenvalue weighted by Crippen LogP contribution is -2.10. The van der Waals surface area contributed by atoms with E-state index in [-0.39, 0.29) is 4.16 Å². The molecule has 94 valence electrons. The van der Waals surface area contributed by atoms with Crippen LogP contribution in [0.5, 0.6) is 0 Å². The van der Waals surface area contributed by atoms with Crippen LogP contribution in [0.2, 0.25) is 5.02 Å². The molecule has 0 heterocycles. The van der Waals surface area contributed by atoms with E-state index in [1.165, 1.54) is 5.56 Å². The summed E-state index contributed by atoms with van der Waals surface area (Å²) in [5.41, 5.74) is 1.17. The summed E-state index contributed by atoms with van der Waals surface area (Å²) in [6.45, 7) is 0. The molecule has 1 unspecified atom stereocenters. The Bertz CT molecular complexity index is 527. The molecule has 0 N–H and O–H groups in total. The van der Waals surface area contributed by atoms with Gasteiger partial charge in [-0.3, -0.25) is 4.21 Å². The second-order valence-corrected chi connectivity index (χ2v) is 7.63. The molecule has 0 saturated carbocycles. The molecule has 2 rings (SSSR count). The van der Waals surface area contributed by atoms with E-state index in [0.29, 0.717) is 5.02 Å². The first-order valence-corrected chi connectivity index (χ1v) is 8.01. The minimum atomic E-state index is -1.08. The van der Waals surface area contributed by atoms with Crippen molar-refractivity contribution in [3.8, 4) is 0 Å². The molecule has 0 aromatic heterocycles. The van der Waals surface area contributed by atoms with E-state index in [4.69, 9.17) is 11.6 Å². The summed E-state index contributed by atoms with van der Waals surface area (Å²) in [5, 5.41) is 0.657. The van der Waals surface area contributed by atoms with Crippen LogP contribution in [0.15, 0.2) is 59.5 Å². The highest BCUT2D eigenvalue weighted by molar-refractivity contribution is 9.11. The van der Waals surface area contributed by atoms with Crippen LogP contribution in [0.4, 0.5) is 0 Å². The molecule has 2 aromatic carbocycles. The maximum Gasteiger partial charge on any atom is 0.0985 e. The third-order valence-corrected chi connectivity index (χ3v) is 5.48. The summed E-state index contributed by atoms with van der Waals surface area (Å²) < 4.78 is 12.2. The molecule has 18 heavy (non-hydrogen) atoms. The third kappa shape index (κ3) is 3.67. The Morgan fingerprint density at radius 3 is 2.28 bits per heavy atom. The van der Waals surface area contributed by atoms with Crippen LogP contribution in [-0.2, 0) is 17.2 Å². The molecule has 2 aromatic rings. The predicted molar refractivity (Wildman–Crippen MR) is 80.7 cm³/mol. The largest absolute Gasteiger partial charge is 0.253 e. The van der Waals surface area contributed by atoms with E-state index in [1.54, 1.807) is 24.3 Å². The van der Waals surface area contributed by atoms with E-state index >= 15 is 0 Å². The van der Waals surface area contributed by atoms with Gasteiger partial charge in [0.1, 0.15) is 0 Å². The average Bonchev–Trinajstić information content (AvgIpc) is 2.40. The highest BCUT2D eigenvalue weighted by atomic mass is 79.9. The number of hydrogen-bond donors (Lipinski definition) is 0. The van der Waals surface area contributed by atoms with E-state index in [1.807, 2.05) is 30.3 Å². The van der Waals surface area contributed by atoms with Crippen molar-refractivity contribution >= 4 is 38.3 Å². The van der Waals surface area contributed by atoms with Crippen LogP contribution in [0.3, 0.4) is 0 Å². The number of halogens is 2. The number of benzene rings is 2. The molecular formula is C14H12BrClOS. The Balaban J connectivity index is 2.07. The Morgan fingerprint density at radius 2 is 1.67 bits per heavy atom. The Hall–Kier alpha value is -0.640. The van der Waals surface area contributed by atoms with Gasteiger partial charge in [-0.1, -0.05) is 57.9 Å². The molecule has 1 nitrogen and oxygen atoms in total. The normalized spacial score (nSPS) is 14.1. The van der Waals surface area contributed by atoms with Gasteiger partial charge in [0.15, 0.2) is 0 Å². The van der Waals surface area contributed by atoms with Gasteiger partial charge in [-0.25, -0.2) is 0 Å². The molecule has 4 heteroatoms. The smallest absolute Gasteiger partial charge is 0.0985 e. The second kappa shape index (κ2) is 6.50. The second-order valence-electron chi connectivity index (χ2n) is 3.85. The van der Waals surface area contributed by atoms with Gasteiger partial charge in [0.05, 0.1) is 15.0 Å². The molecule has 0 bridgehead atoms. The zero-order valence-electron chi connectivity index (χ0n) is 9.55. The van der Waals surface area contributed by atoms with Crippen molar-refractivity contribution in [2.75, 3.05) is 0 Å². The molecule has 0 fully saturated rings. The standard InChI is InChI=1S/C14H12BrClOS/c15-14(10-11-4-2-1-3-5-11)18(17)13-8-6-12(16)7-9-13/h1-9,14H,10H2/t14-,18?/m1/s1. The summed E-state index contributed by atoms with van der Waals surface area (Å²) in [5.74, 6) is 0. The molecule has 0 aliphatic carbocycles. The van der Waals surface area contributed by atoms with Gasteiger partial charge < -0.3 is 0 Å². The molecule has 0 radical (unpaired) electrons. The van der Waals surface area contributed by atoms with Crippen molar-refractivity contribution in [1.29, 1.82) is 0 Å². The van der Waals surface area contributed by atoms with Crippen molar-refractivity contribution in [3.05, 3.63) is 65.2 Å². The molecule has 0 saturated heterocycles. The number of alkyl halides is 1. The molecule has 0 aliphatic heterocycles. The van der Waals surface area contributed by atoms with Gasteiger partial charge in [-0.05, 0) is 36.2 Å². The lowest BCUT2D eigenvalue weighted by atomic mass is 10.2.